The van der Waals surface area contributed by atoms with Crippen LogP contribution in [0, 0.1) is 0 Å². The summed E-state index contributed by atoms with van der Waals surface area (Å²) in [4.78, 5) is 21.9. The maximum atomic E-state index is 5.37. The Kier molecular flexibility index (Phi) is 23.9. The molecule has 13 aromatic carbocycles. The summed E-state index contributed by atoms with van der Waals surface area (Å²) in [6, 6.07) is 134. The van der Waals surface area contributed by atoms with Gasteiger partial charge in [0.25, 0.3) is 0 Å². The van der Waals surface area contributed by atoms with E-state index >= 15 is 0 Å². The molecule has 0 N–H and O–H groups in total. The van der Waals surface area contributed by atoms with Gasteiger partial charge in [0.15, 0.2) is 0 Å². The van der Waals surface area contributed by atoms with Gasteiger partial charge in [0.2, 0.25) is 0 Å². The van der Waals surface area contributed by atoms with Crippen LogP contribution in [-0.4, -0.2) is 56.5 Å². The van der Waals surface area contributed by atoms with Crippen LogP contribution < -0.4 is 33.6 Å². The quantitative estimate of drug-likeness (QED) is 0.0654. The predicted molar refractivity (Wildman–Crippen MR) is 461 cm³/mol. The van der Waals surface area contributed by atoms with Crippen molar-refractivity contribution in [2.75, 3.05) is 56.2 Å². The molecule has 10 heteroatoms. The number of pyridine rings is 3. The van der Waals surface area contributed by atoms with Gasteiger partial charge in [-0.1, -0.05) is 170 Å². The van der Waals surface area contributed by atoms with Crippen LogP contribution in [0.15, 0.2) is 388 Å². The lowest BCUT2D eigenvalue weighted by Gasteiger charge is -2.25. The van der Waals surface area contributed by atoms with Gasteiger partial charge in [-0.25, -0.2) is 15.0 Å². The molecule has 10 nitrogen and oxygen atoms in total. The highest BCUT2D eigenvalue weighted by atomic mass is 16.5. The molecule has 0 amide bonds. The number of aromatic nitrogens is 3. The zero-order valence-electron chi connectivity index (χ0n) is 63.2. The Morgan fingerprint density at radius 3 is 0.577 bits per heavy atom. The minimum absolute atomic E-state index is 0.817. The van der Waals surface area contributed by atoms with E-state index in [9.17, 15) is 0 Å². The SMILES string of the molecule is CCN(CC)c1ccc(-c2cc(-c3ccc(OC)cc3)nc(-c3ccc(OC)cc3)c2)cc1.COc1ccc(-c2cc(-c3ccc(N(c4ccccc4)c4ccccc4)cc3)cc(-c3ccc(OC)cc3)n2)cc1.c1ccc(-c2cc(-c3ccc(N(c4ccccc4)c4ccccc4)cc3)cc(-c3ccccc3)n2)cc1. The lowest BCUT2D eigenvalue weighted by atomic mass is 9.99. The van der Waals surface area contributed by atoms with Gasteiger partial charge in [-0.2, -0.15) is 0 Å². The third-order valence-electron chi connectivity index (χ3n) is 19.5. The van der Waals surface area contributed by atoms with E-state index in [2.05, 4.69) is 283 Å². The molecule has 0 unspecified atom stereocenters. The van der Waals surface area contributed by atoms with Gasteiger partial charge in [-0.3, -0.25) is 0 Å². The molecule has 16 rings (SSSR count). The van der Waals surface area contributed by atoms with Gasteiger partial charge in [-0.15, -0.1) is 0 Å². The van der Waals surface area contributed by atoms with Crippen molar-refractivity contribution in [3.05, 3.63) is 388 Å². The summed E-state index contributed by atoms with van der Waals surface area (Å²) in [5, 5.41) is 0. The van der Waals surface area contributed by atoms with Crippen LogP contribution in [0.1, 0.15) is 13.8 Å². The minimum Gasteiger partial charge on any atom is -0.497 e. The van der Waals surface area contributed by atoms with Crippen molar-refractivity contribution in [3.63, 3.8) is 0 Å². The Balaban J connectivity index is 0.000000139. The first-order valence-corrected chi connectivity index (χ1v) is 37.3. The lowest BCUT2D eigenvalue weighted by Crippen LogP contribution is -2.21. The van der Waals surface area contributed by atoms with E-state index in [0.717, 1.165) is 171 Å². The van der Waals surface area contributed by atoms with Crippen molar-refractivity contribution in [2.24, 2.45) is 0 Å². The number of hydrogen-bond donors (Lipinski definition) is 0. The molecule has 3 aromatic heterocycles. The van der Waals surface area contributed by atoms with Crippen molar-refractivity contribution in [1.82, 2.24) is 15.0 Å². The number of benzene rings is 13. The van der Waals surface area contributed by atoms with E-state index in [1.807, 2.05) is 133 Å². The van der Waals surface area contributed by atoms with E-state index in [-0.39, 0.29) is 0 Å². The Morgan fingerprint density at radius 2 is 0.369 bits per heavy atom. The van der Waals surface area contributed by atoms with Crippen LogP contribution in [0.25, 0.3) is 101 Å². The molecule has 0 bridgehead atoms. The first-order valence-electron chi connectivity index (χ1n) is 37.3. The molecule has 0 aliphatic carbocycles. The monoisotopic (exact) mass is 1450 g/mol. The van der Waals surface area contributed by atoms with Gasteiger partial charge < -0.3 is 33.6 Å². The molecule has 0 spiro atoms. The second kappa shape index (κ2) is 36.0. The van der Waals surface area contributed by atoms with Gasteiger partial charge in [0, 0.05) is 86.3 Å². The van der Waals surface area contributed by atoms with Gasteiger partial charge >= 0.3 is 0 Å². The van der Waals surface area contributed by atoms with Crippen LogP contribution in [0.4, 0.5) is 39.8 Å². The van der Waals surface area contributed by atoms with Crippen molar-refractivity contribution in [3.8, 4) is 124 Å². The number of nitrogens with zero attached hydrogens (tertiary/aromatic N) is 6. The zero-order chi connectivity index (χ0) is 76.1. The van der Waals surface area contributed by atoms with E-state index < -0.39 is 0 Å². The van der Waals surface area contributed by atoms with Crippen molar-refractivity contribution in [2.45, 2.75) is 13.8 Å². The lowest BCUT2D eigenvalue weighted by molar-refractivity contribution is 0.414. The van der Waals surface area contributed by atoms with E-state index in [1.165, 1.54) is 5.69 Å². The third kappa shape index (κ3) is 18.1. The molecule has 0 aliphatic rings. The smallest absolute Gasteiger partial charge is 0.118 e. The normalized spacial score (nSPS) is 10.7. The first kappa shape index (κ1) is 73.8. The summed E-state index contributed by atoms with van der Waals surface area (Å²) in [5.74, 6) is 3.30. The average Bonchev–Trinajstić information content (AvgIpc) is 0.802. The molecule has 0 saturated heterocycles. The standard InChI is InChI=1S/C37H30N2O2.C35H26N2.C29H30N2O2/c1-40-34-21-15-28(16-22-34)36-25-30(26-37(38-36)29-17-23-35(41-2)24-18-29)27-13-19-33(20-14-27)39(31-9-5-3-6-10-31)32-11-7-4-8-12-32;1-5-13-28(14-6-1)34-25-30(26-35(36-34)29-15-7-2-8-16-29)27-21-23-33(24-22-27)37(31-17-9-3-10-18-31)32-19-11-4-12-20-32;1-5-31(6-2)25-13-7-21(8-14-25)24-19-28(22-9-15-26(32-3)16-10-22)30-29(20-24)23-11-17-27(33-4)18-12-23/h3-26H,1-2H3;1-26H;7-20H,5-6H2,1-4H3. The third-order valence-corrected chi connectivity index (χ3v) is 19.5. The molecule has 0 fully saturated rings. The summed E-state index contributed by atoms with van der Waals surface area (Å²) in [5.41, 5.74) is 26.7. The molecule has 0 atom stereocenters. The minimum atomic E-state index is 0.817. The van der Waals surface area contributed by atoms with Crippen LogP contribution in [0.5, 0.6) is 23.0 Å². The van der Waals surface area contributed by atoms with Gasteiger partial charge in [0.1, 0.15) is 23.0 Å². The molecular formula is C101H86N6O4. The van der Waals surface area contributed by atoms with Gasteiger partial charge in [0.05, 0.1) is 62.6 Å². The van der Waals surface area contributed by atoms with Gasteiger partial charge in [-0.05, 0) is 266 Å². The predicted octanol–water partition coefficient (Wildman–Crippen LogP) is 26.1. The first-order chi connectivity index (χ1) is 54.7. The Bertz CT molecular complexity index is 5320. The largest absolute Gasteiger partial charge is 0.497 e. The number of para-hydroxylation sites is 4. The number of anilines is 7. The summed E-state index contributed by atoms with van der Waals surface area (Å²) in [7, 11) is 6.71. The van der Waals surface area contributed by atoms with E-state index in [0.29, 0.717) is 0 Å². The second-order valence-corrected chi connectivity index (χ2v) is 26.4. The highest BCUT2D eigenvalue weighted by Gasteiger charge is 2.18. The maximum absolute atomic E-state index is 5.37. The highest BCUT2D eigenvalue weighted by molar-refractivity contribution is 5.84. The fourth-order valence-electron chi connectivity index (χ4n) is 13.5. The summed E-state index contributed by atoms with van der Waals surface area (Å²) in [6.45, 7) is 6.35. The Morgan fingerprint density at radius 1 is 0.189 bits per heavy atom. The van der Waals surface area contributed by atoms with Crippen LogP contribution in [0.2, 0.25) is 0 Å². The highest BCUT2D eigenvalue weighted by Crippen LogP contribution is 2.41. The van der Waals surface area contributed by atoms with E-state index in [1.54, 1.807) is 28.4 Å². The Labute approximate surface area is 652 Å². The second-order valence-electron chi connectivity index (χ2n) is 26.4. The summed E-state index contributed by atoms with van der Waals surface area (Å²) < 4.78 is 21.4. The number of hydrogen-bond acceptors (Lipinski definition) is 10. The molecule has 0 saturated carbocycles. The summed E-state index contributed by atoms with van der Waals surface area (Å²) in [6.07, 6.45) is 0. The molecule has 0 radical (unpaired) electrons. The van der Waals surface area contributed by atoms with Crippen molar-refractivity contribution in [1.29, 1.82) is 0 Å². The molecule has 544 valence electrons. The number of ether oxygens (including phenoxy) is 4. The molecule has 3 heterocycles. The van der Waals surface area contributed by atoms with Crippen molar-refractivity contribution >= 4 is 39.8 Å². The number of rotatable bonds is 22. The molecule has 16 aromatic rings. The molecular weight excluding hydrogens is 1360 g/mol. The molecule has 111 heavy (non-hydrogen) atoms. The summed E-state index contributed by atoms with van der Waals surface area (Å²) >= 11 is 0. The fourth-order valence-corrected chi connectivity index (χ4v) is 13.5. The van der Waals surface area contributed by atoms with Crippen LogP contribution >= 0.6 is 0 Å². The number of methoxy groups -OCH3 is 4. The fraction of sp³-hybridized carbons (Fsp3) is 0.0792. The van der Waals surface area contributed by atoms with E-state index in [4.69, 9.17) is 33.9 Å². The topological polar surface area (TPSA) is 85.3 Å². The van der Waals surface area contributed by atoms with Crippen molar-refractivity contribution < 1.29 is 18.9 Å². The van der Waals surface area contributed by atoms with Crippen LogP contribution in [-0.2, 0) is 0 Å². The Hall–Kier alpha value is -14.1. The zero-order valence-corrected chi connectivity index (χ0v) is 63.2. The average molecular weight is 1450 g/mol. The molecule has 0 aliphatic heterocycles. The maximum Gasteiger partial charge on any atom is 0.118 e. The van der Waals surface area contributed by atoms with Crippen LogP contribution in [0.3, 0.4) is 0 Å².